The lowest BCUT2D eigenvalue weighted by atomic mass is 9.96. The van der Waals surface area contributed by atoms with Crippen molar-refractivity contribution < 1.29 is 0 Å². The van der Waals surface area contributed by atoms with Crippen molar-refractivity contribution >= 4 is 60.4 Å². The maximum Gasteiger partial charge on any atom is 0.0541 e. The molecule has 9 aromatic carbocycles. The zero-order chi connectivity index (χ0) is 34.4. The molecule has 10 aromatic rings. The topological polar surface area (TPSA) is 8.17 Å². The standard InChI is InChI=1S/C50H34N2/c1-2-13-37(14-3-1)41-33-34-50(44-19-7-6-18-43(41)44)51(47-24-12-16-38-15-4-5-17-42(38)47)39-29-25-35(26-30-39)36-27-31-40(32-28-36)52-48-22-10-8-20-45(48)46-21-9-11-23-49(46)52/h1-34H. The Morgan fingerprint density at radius 1 is 0.308 bits per heavy atom. The number of para-hydroxylation sites is 2. The molecule has 2 nitrogen and oxygen atoms in total. The van der Waals surface area contributed by atoms with Crippen molar-refractivity contribution in [2.75, 3.05) is 4.90 Å². The van der Waals surface area contributed by atoms with E-state index in [9.17, 15) is 0 Å². The first-order valence-corrected chi connectivity index (χ1v) is 17.9. The SMILES string of the molecule is c1ccc(-c2ccc(N(c3ccc(-c4ccc(-n5c6ccccc6c6ccccc65)cc4)cc3)c3cccc4ccccc34)c3ccccc23)cc1. The van der Waals surface area contributed by atoms with Crippen LogP contribution in [0, 0.1) is 0 Å². The highest BCUT2D eigenvalue weighted by Gasteiger charge is 2.19. The second-order valence-corrected chi connectivity index (χ2v) is 13.3. The van der Waals surface area contributed by atoms with E-state index < -0.39 is 0 Å². The average molecular weight is 663 g/mol. The Morgan fingerprint density at radius 3 is 1.52 bits per heavy atom. The lowest BCUT2D eigenvalue weighted by molar-refractivity contribution is 1.18. The quantitative estimate of drug-likeness (QED) is 0.172. The van der Waals surface area contributed by atoms with Crippen molar-refractivity contribution in [2.24, 2.45) is 0 Å². The van der Waals surface area contributed by atoms with Gasteiger partial charge in [-0.25, -0.2) is 0 Å². The Morgan fingerprint density at radius 2 is 0.827 bits per heavy atom. The van der Waals surface area contributed by atoms with Crippen LogP contribution in [-0.4, -0.2) is 4.57 Å². The smallest absolute Gasteiger partial charge is 0.0541 e. The van der Waals surface area contributed by atoms with E-state index in [-0.39, 0.29) is 0 Å². The minimum Gasteiger partial charge on any atom is -0.309 e. The van der Waals surface area contributed by atoms with Gasteiger partial charge in [0.15, 0.2) is 0 Å². The van der Waals surface area contributed by atoms with E-state index in [2.05, 4.69) is 216 Å². The monoisotopic (exact) mass is 662 g/mol. The van der Waals surface area contributed by atoms with Gasteiger partial charge in [-0.05, 0) is 81.6 Å². The summed E-state index contributed by atoms with van der Waals surface area (Å²) in [7, 11) is 0. The Labute approximate surface area is 303 Å². The predicted octanol–water partition coefficient (Wildman–Crippen LogP) is 13.9. The molecule has 0 unspecified atom stereocenters. The summed E-state index contributed by atoms with van der Waals surface area (Å²) in [5, 5.41) is 7.42. The van der Waals surface area contributed by atoms with Crippen LogP contribution >= 0.6 is 0 Å². The van der Waals surface area contributed by atoms with Crippen LogP contribution in [0.15, 0.2) is 206 Å². The molecule has 1 heterocycles. The predicted molar refractivity (Wildman–Crippen MR) is 221 cm³/mol. The van der Waals surface area contributed by atoms with Crippen molar-refractivity contribution in [3.63, 3.8) is 0 Å². The minimum absolute atomic E-state index is 1.11. The number of nitrogens with zero attached hydrogens (tertiary/aromatic N) is 2. The van der Waals surface area contributed by atoms with Gasteiger partial charge in [0.25, 0.3) is 0 Å². The van der Waals surface area contributed by atoms with Crippen LogP contribution in [0.2, 0.25) is 0 Å². The van der Waals surface area contributed by atoms with Crippen LogP contribution < -0.4 is 4.90 Å². The summed E-state index contributed by atoms with van der Waals surface area (Å²) in [6, 6.07) is 74.6. The molecule has 0 spiro atoms. The van der Waals surface area contributed by atoms with Crippen LogP contribution in [0.5, 0.6) is 0 Å². The molecule has 2 heteroatoms. The summed E-state index contributed by atoms with van der Waals surface area (Å²) in [5.74, 6) is 0. The van der Waals surface area contributed by atoms with E-state index in [1.807, 2.05) is 0 Å². The first-order valence-electron chi connectivity index (χ1n) is 17.9. The first kappa shape index (κ1) is 30.0. The van der Waals surface area contributed by atoms with Gasteiger partial charge >= 0.3 is 0 Å². The van der Waals surface area contributed by atoms with Crippen molar-refractivity contribution in [2.45, 2.75) is 0 Å². The zero-order valence-corrected chi connectivity index (χ0v) is 28.5. The molecule has 0 bridgehead atoms. The number of anilines is 3. The molecule has 0 N–H and O–H groups in total. The molecule has 52 heavy (non-hydrogen) atoms. The summed E-state index contributed by atoms with van der Waals surface area (Å²) in [6.07, 6.45) is 0. The Kier molecular flexibility index (Phi) is 7.18. The molecule has 0 aliphatic rings. The van der Waals surface area contributed by atoms with Gasteiger partial charge in [0, 0.05) is 32.9 Å². The molecule has 0 saturated carbocycles. The summed E-state index contributed by atoms with van der Waals surface area (Å²) in [5.41, 5.74) is 11.8. The normalized spacial score (nSPS) is 11.5. The fourth-order valence-electron chi connectivity index (χ4n) is 7.97. The molecule has 0 atom stereocenters. The highest BCUT2D eigenvalue weighted by Crippen LogP contribution is 2.44. The molecule has 1 aromatic heterocycles. The second-order valence-electron chi connectivity index (χ2n) is 13.3. The number of rotatable bonds is 6. The summed E-state index contributed by atoms with van der Waals surface area (Å²) < 4.78 is 2.37. The lowest BCUT2D eigenvalue weighted by Gasteiger charge is -2.29. The largest absolute Gasteiger partial charge is 0.309 e. The number of hydrogen-bond donors (Lipinski definition) is 0. The van der Waals surface area contributed by atoms with Crippen LogP contribution in [0.4, 0.5) is 17.1 Å². The molecule has 0 radical (unpaired) electrons. The molecule has 0 aliphatic heterocycles. The van der Waals surface area contributed by atoms with Crippen molar-refractivity contribution in [3.05, 3.63) is 206 Å². The van der Waals surface area contributed by atoms with E-state index >= 15 is 0 Å². The van der Waals surface area contributed by atoms with Gasteiger partial charge in [-0.3, -0.25) is 0 Å². The Balaban J connectivity index is 1.08. The van der Waals surface area contributed by atoms with Gasteiger partial charge in [0.05, 0.1) is 22.4 Å². The highest BCUT2D eigenvalue weighted by molar-refractivity contribution is 6.10. The van der Waals surface area contributed by atoms with Crippen molar-refractivity contribution in [1.82, 2.24) is 4.57 Å². The van der Waals surface area contributed by atoms with E-state index in [0.29, 0.717) is 0 Å². The molecular formula is C50H34N2. The number of hydrogen-bond acceptors (Lipinski definition) is 1. The number of benzene rings is 9. The van der Waals surface area contributed by atoms with Gasteiger partial charge < -0.3 is 9.47 Å². The van der Waals surface area contributed by atoms with Crippen LogP contribution in [0.3, 0.4) is 0 Å². The molecular weight excluding hydrogens is 629 g/mol. The van der Waals surface area contributed by atoms with Crippen molar-refractivity contribution in [3.8, 4) is 27.9 Å². The van der Waals surface area contributed by atoms with E-state index in [1.165, 1.54) is 65.6 Å². The van der Waals surface area contributed by atoms with Gasteiger partial charge in [-0.15, -0.1) is 0 Å². The van der Waals surface area contributed by atoms with Crippen LogP contribution in [0.25, 0.3) is 71.3 Å². The maximum absolute atomic E-state index is 2.43. The molecule has 10 rings (SSSR count). The molecule has 244 valence electrons. The molecule has 0 aliphatic carbocycles. The van der Waals surface area contributed by atoms with Crippen LogP contribution in [-0.2, 0) is 0 Å². The third kappa shape index (κ3) is 4.96. The summed E-state index contributed by atoms with van der Waals surface area (Å²) >= 11 is 0. The summed E-state index contributed by atoms with van der Waals surface area (Å²) in [4.78, 5) is 2.43. The average Bonchev–Trinajstić information content (AvgIpc) is 3.56. The van der Waals surface area contributed by atoms with Crippen molar-refractivity contribution in [1.29, 1.82) is 0 Å². The van der Waals surface area contributed by atoms with E-state index in [0.717, 1.165) is 22.7 Å². The fraction of sp³-hybridized carbons (Fsp3) is 0. The highest BCUT2D eigenvalue weighted by atomic mass is 15.1. The van der Waals surface area contributed by atoms with E-state index in [4.69, 9.17) is 0 Å². The van der Waals surface area contributed by atoms with Gasteiger partial charge in [-0.1, -0.05) is 158 Å². The van der Waals surface area contributed by atoms with Gasteiger partial charge in [-0.2, -0.15) is 0 Å². The molecule has 0 fully saturated rings. The van der Waals surface area contributed by atoms with E-state index in [1.54, 1.807) is 0 Å². The fourth-order valence-corrected chi connectivity index (χ4v) is 7.97. The second kappa shape index (κ2) is 12.5. The van der Waals surface area contributed by atoms with Gasteiger partial charge in [0.2, 0.25) is 0 Å². The maximum atomic E-state index is 2.43. The Hall–Kier alpha value is -6.90. The lowest BCUT2D eigenvalue weighted by Crippen LogP contribution is -2.11. The number of fused-ring (bicyclic) bond motifs is 5. The third-order valence-electron chi connectivity index (χ3n) is 10.4. The first-order chi connectivity index (χ1) is 25.8. The summed E-state index contributed by atoms with van der Waals surface area (Å²) in [6.45, 7) is 0. The zero-order valence-electron chi connectivity index (χ0n) is 28.5. The number of aromatic nitrogens is 1. The molecule has 0 amide bonds. The van der Waals surface area contributed by atoms with Crippen LogP contribution in [0.1, 0.15) is 0 Å². The third-order valence-corrected chi connectivity index (χ3v) is 10.4. The Bertz CT molecular complexity index is 2820. The molecule has 0 saturated heterocycles. The minimum atomic E-state index is 1.11. The van der Waals surface area contributed by atoms with Gasteiger partial charge in [0.1, 0.15) is 0 Å².